The molecule has 0 aromatic carbocycles. The van der Waals surface area contributed by atoms with Crippen LogP contribution in [-0.2, 0) is 9.59 Å². The Labute approximate surface area is 115 Å². The summed E-state index contributed by atoms with van der Waals surface area (Å²) in [5, 5.41) is 12.1. The quantitative estimate of drug-likeness (QED) is 0.822. The highest BCUT2D eigenvalue weighted by Gasteiger charge is 2.34. The van der Waals surface area contributed by atoms with Crippen molar-refractivity contribution in [2.24, 2.45) is 17.8 Å². The van der Waals surface area contributed by atoms with E-state index in [0.717, 1.165) is 6.42 Å². The molecular formula is C15H25NO3. The zero-order chi connectivity index (χ0) is 13.8. The van der Waals surface area contributed by atoms with Crippen molar-refractivity contribution in [2.45, 2.75) is 64.3 Å². The summed E-state index contributed by atoms with van der Waals surface area (Å²) < 4.78 is 0. The summed E-state index contributed by atoms with van der Waals surface area (Å²) in [7, 11) is 0. The third kappa shape index (κ3) is 3.71. The van der Waals surface area contributed by atoms with Gasteiger partial charge in [-0.1, -0.05) is 19.3 Å². The van der Waals surface area contributed by atoms with Crippen LogP contribution in [0.1, 0.15) is 58.3 Å². The molecule has 2 aliphatic carbocycles. The second kappa shape index (κ2) is 6.40. The maximum absolute atomic E-state index is 12.2. The van der Waals surface area contributed by atoms with Gasteiger partial charge < -0.3 is 10.4 Å². The van der Waals surface area contributed by atoms with Gasteiger partial charge in [0.1, 0.15) is 0 Å². The van der Waals surface area contributed by atoms with Gasteiger partial charge >= 0.3 is 5.97 Å². The van der Waals surface area contributed by atoms with Gasteiger partial charge in [-0.15, -0.1) is 0 Å². The minimum absolute atomic E-state index is 0.0711. The number of carboxylic acids is 1. The van der Waals surface area contributed by atoms with Gasteiger partial charge in [-0.2, -0.15) is 0 Å². The van der Waals surface area contributed by atoms with Gasteiger partial charge in [-0.3, -0.25) is 9.59 Å². The second-order valence-corrected chi connectivity index (χ2v) is 6.24. The number of carboxylic acid groups (broad SMARTS) is 1. The Balaban J connectivity index is 1.79. The number of hydrogen-bond donors (Lipinski definition) is 2. The fourth-order valence-electron chi connectivity index (χ4n) is 3.54. The van der Waals surface area contributed by atoms with E-state index in [0.29, 0.717) is 18.8 Å². The van der Waals surface area contributed by atoms with Crippen LogP contribution >= 0.6 is 0 Å². The number of carbonyl (C=O) groups excluding carboxylic acids is 1. The van der Waals surface area contributed by atoms with E-state index in [9.17, 15) is 9.59 Å². The van der Waals surface area contributed by atoms with Gasteiger partial charge in [0.15, 0.2) is 0 Å². The molecular weight excluding hydrogens is 242 g/mol. The molecule has 108 valence electrons. The topological polar surface area (TPSA) is 66.4 Å². The molecule has 3 atom stereocenters. The van der Waals surface area contributed by atoms with E-state index < -0.39 is 5.97 Å². The van der Waals surface area contributed by atoms with E-state index in [1.165, 1.54) is 32.1 Å². The summed E-state index contributed by atoms with van der Waals surface area (Å²) in [5.41, 5.74) is 0. The number of hydrogen-bond acceptors (Lipinski definition) is 2. The first-order chi connectivity index (χ1) is 9.08. The summed E-state index contributed by atoms with van der Waals surface area (Å²) >= 11 is 0. The molecule has 0 spiro atoms. The summed E-state index contributed by atoms with van der Waals surface area (Å²) in [6, 6.07) is 0.233. The maximum Gasteiger partial charge on any atom is 0.306 e. The predicted molar refractivity (Wildman–Crippen MR) is 72.6 cm³/mol. The van der Waals surface area contributed by atoms with Crippen LogP contribution in [-0.4, -0.2) is 23.0 Å². The van der Waals surface area contributed by atoms with Crippen molar-refractivity contribution in [3.63, 3.8) is 0 Å². The highest BCUT2D eigenvalue weighted by atomic mass is 16.4. The number of amides is 1. The molecule has 2 fully saturated rings. The standard InChI is InChI=1S/C15H25NO3/c1-10(11-5-3-2-4-6-11)16-14(17)12-7-8-13(9-12)15(18)19/h10-13H,2-9H2,1H3,(H,16,17)(H,18,19)/t10-,12-,13+/m1/s1. The predicted octanol–water partition coefficient (Wildman–Crippen LogP) is 2.57. The minimum Gasteiger partial charge on any atom is -0.481 e. The zero-order valence-corrected chi connectivity index (χ0v) is 11.7. The molecule has 0 heterocycles. The summed E-state index contributed by atoms with van der Waals surface area (Å²) in [6.07, 6.45) is 8.17. The van der Waals surface area contributed by atoms with Crippen LogP contribution in [0.5, 0.6) is 0 Å². The van der Waals surface area contributed by atoms with Crippen molar-refractivity contribution in [3.8, 4) is 0 Å². The molecule has 19 heavy (non-hydrogen) atoms. The van der Waals surface area contributed by atoms with Gasteiger partial charge in [0.05, 0.1) is 5.92 Å². The van der Waals surface area contributed by atoms with Crippen molar-refractivity contribution >= 4 is 11.9 Å². The first kappa shape index (κ1) is 14.4. The Morgan fingerprint density at radius 2 is 1.68 bits per heavy atom. The van der Waals surface area contributed by atoms with Crippen molar-refractivity contribution in [2.75, 3.05) is 0 Å². The number of aliphatic carboxylic acids is 1. The largest absolute Gasteiger partial charge is 0.481 e. The molecule has 0 bridgehead atoms. The molecule has 0 aliphatic heterocycles. The number of carbonyl (C=O) groups is 2. The molecule has 0 saturated heterocycles. The van der Waals surface area contributed by atoms with Crippen LogP contribution in [0, 0.1) is 17.8 Å². The van der Waals surface area contributed by atoms with Crippen molar-refractivity contribution in [1.29, 1.82) is 0 Å². The van der Waals surface area contributed by atoms with Crippen LogP contribution in [0.3, 0.4) is 0 Å². The Kier molecular flexibility index (Phi) is 4.83. The van der Waals surface area contributed by atoms with E-state index >= 15 is 0 Å². The molecule has 4 heteroatoms. The van der Waals surface area contributed by atoms with Crippen LogP contribution in [0.25, 0.3) is 0 Å². The van der Waals surface area contributed by atoms with Crippen molar-refractivity contribution in [1.82, 2.24) is 5.32 Å². The summed E-state index contributed by atoms with van der Waals surface area (Å²) in [4.78, 5) is 23.1. The highest BCUT2D eigenvalue weighted by molar-refractivity contribution is 5.81. The first-order valence-electron chi connectivity index (χ1n) is 7.61. The Morgan fingerprint density at radius 1 is 1.05 bits per heavy atom. The lowest BCUT2D eigenvalue weighted by atomic mass is 9.84. The third-order valence-electron chi connectivity index (χ3n) is 4.88. The molecule has 4 nitrogen and oxygen atoms in total. The van der Waals surface area contributed by atoms with Gasteiger partial charge in [0.2, 0.25) is 5.91 Å². The molecule has 1 amide bonds. The molecule has 0 unspecified atom stereocenters. The molecule has 2 rings (SSSR count). The van der Waals surface area contributed by atoms with E-state index in [1.807, 2.05) is 0 Å². The van der Waals surface area contributed by atoms with E-state index in [4.69, 9.17) is 5.11 Å². The van der Waals surface area contributed by atoms with Crippen LogP contribution in [0.15, 0.2) is 0 Å². The fraction of sp³-hybridized carbons (Fsp3) is 0.867. The Hall–Kier alpha value is -1.06. The average Bonchev–Trinajstić information content (AvgIpc) is 2.89. The van der Waals surface area contributed by atoms with Gasteiger partial charge in [-0.05, 0) is 44.9 Å². The lowest BCUT2D eigenvalue weighted by Crippen LogP contribution is -2.41. The maximum atomic E-state index is 12.2. The van der Waals surface area contributed by atoms with Gasteiger partial charge in [-0.25, -0.2) is 0 Å². The molecule has 0 radical (unpaired) electrons. The van der Waals surface area contributed by atoms with E-state index in [2.05, 4.69) is 12.2 Å². The second-order valence-electron chi connectivity index (χ2n) is 6.24. The molecule has 0 aromatic rings. The smallest absolute Gasteiger partial charge is 0.306 e. The summed E-state index contributed by atoms with van der Waals surface area (Å²) in [5.74, 6) is -0.486. The van der Waals surface area contributed by atoms with E-state index in [-0.39, 0.29) is 23.8 Å². The Morgan fingerprint density at radius 3 is 2.26 bits per heavy atom. The third-order valence-corrected chi connectivity index (χ3v) is 4.88. The minimum atomic E-state index is -0.754. The molecule has 2 saturated carbocycles. The monoisotopic (exact) mass is 267 g/mol. The lowest BCUT2D eigenvalue weighted by Gasteiger charge is -2.29. The zero-order valence-electron chi connectivity index (χ0n) is 11.7. The van der Waals surface area contributed by atoms with Crippen LogP contribution in [0.4, 0.5) is 0 Å². The molecule has 0 aromatic heterocycles. The number of rotatable bonds is 4. The molecule has 2 aliphatic rings. The SMILES string of the molecule is C[C@@H](NC(=O)[C@@H]1CC[C@H](C(=O)O)C1)C1CCCCC1. The fourth-order valence-corrected chi connectivity index (χ4v) is 3.54. The lowest BCUT2D eigenvalue weighted by molar-refractivity contribution is -0.141. The Bertz CT molecular complexity index is 336. The van der Waals surface area contributed by atoms with Crippen molar-refractivity contribution < 1.29 is 14.7 Å². The average molecular weight is 267 g/mol. The van der Waals surface area contributed by atoms with Crippen LogP contribution < -0.4 is 5.32 Å². The van der Waals surface area contributed by atoms with Gasteiger partial charge in [0, 0.05) is 12.0 Å². The highest BCUT2D eigenvalue weighted by Crippen LogP contribution is 2.32. The van der Waals surface area contributed by atoms with E-state index in [1.54, 1.807) is 0 Å². The van der Waals surface area contributed by atoms with Crippen molar-refractivity contribution in [3.05, 3.63) is 0 Å². The first-order valence-corrected chi connectivity index (χ1v) is 7.61. The molecule has 2 N–H and O–H groups in total. The van der Waals surface area contributed by atoms with Gasteiger partial charge in [0.25, 0.3) is 0 Å². The number of nitrogens with one attached hydrogen (secondary N) is 1. The van der Waals surface area contributed by atoms with Crippen LogP contribution in [0.2, 0.25) is 0 Å². The normalized spacial score (nSPS) is 29.9. The summed E-state index contributed by atoms with van der Waals surface area (Å²) in [6.45, 7) is 2.09.